The van der Waals surface area contributed by atoms with Gasteiger partial charge in [0.25, 0.3) is 0 Å². The Bertz CT molecular complexity index is 449. The second-order valence-corrected chi connectivity index (χ2v) is 4.83. The fraction of sp³-hybridized carbons (Fsp3) is 0.467. The van der Waals surface area contributed by atoms with Crippen molar-refractivity contribution < 1.29 is 10.0 Å². The summed E-state index contributed by atoms with van der Waals surface area (Å²) in [5.74, 6) is 0.178. The Labute approximate surface area is 119 Å². The van der Waals surface area contributed by atoms with Crippen molar-refractivity contribution in [1.29, 1.82) is 0 Å². The number of nitrogens with two attached hydrogens (primary N) is 1. The van der Waals surface area contributed by atoms with Gasteiger partial charge in [0.15, 0.2) is 5.84 Å². The molecule has 0 saturated carbocycles. The van der Waals surface area contributed by atoms with Crippen LogP contribution in [0.2, 0.25) is 0 Å². The highest BCUT2D eigenvalue weighted by Crippen LogP contribution is 2.17. The molecule has 5 nitrogen and oxygen atoms in total. The number of benzene rings is 1. The molecule has 4 N–H and O–H groups in total. The maximum Gasteiger partial charge on any atom is 0.227 e. The van der Waals surface area contributed by atoms with Crippen LogP contribution in [0.15, 0.2) is 29.4 Å². The molecule has 0 aliphatic rings. The predicted molar refractivity (Wildman–Crippen MR) is 80.9 cm³/mol. The van der Waals surface area contributed by atoms with Crippen LogP contribution in [-0.4, -0.2) is 17.0 Å². The number of nitrogens with zero attached hydrogens (tertiary/aromatic N) is 1. The van der Waals surface area contributed by atoms with Gasteiger partial charge in [-0.25, -0.2) is 0 Å². The topological polar surface area (TPSA) is 87.7 Å². The van der Waals surface area contributed by atoms with Crippen LogP contribution in [0.4, 0.5) is 5.69 Å². The van der Waals surface area contributed by atoms with Gasteiger partial charge in [0.2, 0.25) is 5.91 Å². The number of amides is 1. The first-order valence-electron chi connectivity index (χ1n) is 7.01. The van der Waals surface area contributed by atoms with Crippen molar-refractivity contribution in [2.75, 3.05) is 5.32 Å². The van der Waals surface area contributed by atoms with Gasteiger partial charge in [-0.3, -0.25) is 4.79 Å². The van der Waals surface area contributed by atoms with Crippen molar-refractivity contribution >= 4 is 17.4 Å². The molecule has 20 heavy (non-hydrogen) atoms. The molecule has 0 spiro atoms. The summed E-state index contributed by atoms with van der Waals surface area (Å²) in [5.41, 5.74) is 6.82. The second kappa shape index (κ2) is 8.19. The summed E-state index contributed by atoms with van der Waals surface area (Å²) >= 11 is 0. The van der Waals surface area contributed by atoms with Gasteiger partial charge in [-0.2, -0.15) is 0 Å². The van der Waals surface area contributed by atoms with E-state index in [1.54, 1.807) is 24.3 Å². The molecule has 0 bridgehead atoms. The summed E-state index contributed by atoms with van der Waals surface area (Å²) < 4.78 is 0. The van der Waals surface area contributed by atoms with Crippen LogP contribution >= 0.6 is 0 Å². The van der Waals surface area contributed by atoms with E-state index in [9.17, 15) is 4.79 Å². The molecular weight excluding hydrogens is 254 g/mol. The van der Waals surface area contributed by atoms with Crippen LogP contribution in [0.25, 0.3) is 0 Å². The van der Waals surface area contributed by atoms with Gasteiger partial charge >= 0.3 is 0 Å². The van der Waals surface area contributed by atoms with E-state index in [0.717, 1.165) is 31.4 Å². The minimum absolute atomic E-state index is 0.0534. The number of oxime groups is 1. The highest BCUT2D eigenvalue weighted by Gasteiger charge is 2.16. The largest absolute Gasteiger partial charge is 0.409 e. The maximum atomic E-state index is 12.2. The lowest BCUT2D eigenvalue weighted by atomic mass is 9.97. The van der Waals surface area contributed by atoms with E-state index < -0.39 is 0 Å². The third-order valence-electron chi connectivity index (χ3n) is 3.20. The predicted octanol–water partition coefficient (Wildman–Crippen LogP) is 2.94. The van der Waals surface area contributed by atoms with Crippen molar-refractivity contribution in [2.24, 2.45) is 16.8 Å². The van der Waals surface area contributed by atoms with Crippen LogP contribution < -0.4 is 11.1 Å². The first kappa shape index (κ1) is 16.0. The summed E-state index contributed by atoms with van der Waals surface area (Å²) in [6.07, 6.45) is 3.81. The Hall–Kier alpha value is -2.04. The number of carbonyl (C=O) groups is 1. The van der Waals surface area contributed by atoms with Gasteiger partial charge in [0.05, 0.1) is 0 Å². The Balaban J connectivity index is 2.69. The zero-order valence-electron chi connectivity index (χ0n) is 12.1. The smallest absolute Gasteiger partial charge is 0.227 e. The van der Waals surface area contributed by atoms with Gasteiger partial charge in [0, 0.05) is 17.2 Å². The van der Waals surface area contributed by atoms with Crippen LogP contribution in [0.1, 0.15) is 45.1 Å². The Morgan fingerprint density at radius 1 is 1.25 bits per heavy atom. The molecule has 0 aromatic heterocycles. The number of hydrogen-bond donors (Lipinski definition) is 3. The number of carbonyl (C=O) groups excluding carboxylic acids is 1. The first-order valence-corrected chi connectivity index (χ1v) is 7.01. The summed E-state index contributed by atoms with van der Waals surface area (Å²) in [5, 5.41) is 14.4. The van der Waals surface area contributed by atoms with Crippen molar-refractivity contribution in [3.63, 3.8) is 0 Å². The number of rotatable bonds is 7. The quantitative estimate of drug-likeness (QED) is 0.310. The van der Waals surface area contributed by atoms with Gasteiger partial charge < -0.3 is 16.3 Å². The highest BCUT2D eigenvalue weighted by molar-refractivity contribution is 5.98. The Kier molecular flexibility index (Phi) is 6.56. The molecule has 1 aromatic rings. The molecule has 0 radical (unpaired) electrons. The Morgan fingerprint density at radius 2 is 1.80 bits per heavy atom. The van der Waals surface area contributed by atoms with E-state index >= 15 is 0 Å². The molecule has 0 saturated heterocycles. The highest BCUT2D eigenvalue weighted by atomic mass is 16.4. The molecule has 0 fully saturated rings. The molecular formula is C15H23N3O2. The molecule has 1 rings (SSSR count). The van der Waals surface area contributed by atoms with Crippen LogP contribution in [0.3, 0.4) is 0 Å². The van der Waals surface area contributed by atoms with E-state index in [1.807, 2.05) is 0 Å². The lowest BCUT2D eigenvalue weighted by Gasteiger charge is -2.15. The fourth-order valence-electron chi connectivity index (χ4n) is 2.13. The minimum Gasteiger partial charge on any atom is -0.409 e. The van der Waals surface area contributed by atoms with Crippen LogP contribution in [-0.2, 0) is 4.79 Å². The molecule has 5 heteroatoms. The molecule has 0 unspecified atom stereocenters. The summed E-state index contributed by atoms with van der Waals surface area (Å²) in [6, 6.07) is 6.92. The van der Waals surface area contributed by atoms with E-state index in [1.165, 1.54) is 0 Å². The van der Waals surface area contributed by atoms with E-state index in [2.05, 4.69) is 24.3 Å². The number of amidine groups is 1. The standard InChI is InChI=1S/C15H23N3O2/c1-3-5-12(6-4-2)15(19)17-13-9-7-11(8-10-13)14(16)18-20/h7-10,12,20H,3-6H2,1-2H3,(H2,16,18)(H,17,19). The number of anilines is 1. The van der Waals surface area contributed by atoms with Crippen LogP contribution in [0, 0.1) is 5.92 Å². The lowest BCUT2D eigenvalue weighted by molar-refractivity contribution is -0.120. The average Bonchev–Trinajstić information content (AvgIpc) is 2.47. The molecule has 0 heterocycles. The van der Waals surface area contributed by atoms with Gasteiger partial charge in [-0.1, -0.05) is 31.8 Å². The minimum atomic E-state index is 0.0534. The third kappa shape index (κ3) is 4.57. The van der Waals surface area contributed by atoms with E-state index in [0.29, 0.717) is 5.56 Å². The molecule has 1 amide bonds. The third-order valence-corrected chi connectivity index (χ3v) is 3.20. The van der Waals surface area contributed by atoms with Crippen molar-refractivity contribution in [2.45, 2.75) is 39.5 Å². The monoisotopic (exact) mass is 277 g/mol. The van der Waals surface area contributed by atoms with Crippen LogP contribution in [0.5, 0.6) is 0 Å². The summed E-state index contributed by atoms with van der Waals surface area (Å²) in [6.45, 7) is 4.17. The molecule has 1 aromatic carbocycles. The zero-order valence-corrected chi connectivity index (χ0v) is 12.1. The normalized spacial score (nSPS) is 11.7. The van der Waals surface area contributed by atoms with E-state index in [4.69, 9.17) is 10.9 Å². The molecule has 0 atom stereocenters. The lowest BCUT2D eigenvalue weighted by Crippen LogP contribution is -2.22. The van der Waals surface area contributed by atoms with Crippen molar-refractivity contribution in [3.05, 3.63) is 29.8 Å². The fourth-order valence-corrected chi connectivity index (χ4v) is 2.13. The van der Waals surface area contributed by atoms with Crippen molar-refractivity contribution in [3.8, 4) is 0 Å². The number of hydrogen-bond acceptors (Lipinski definition) is 3. The van der Waals surface area contributed by atoms with Gasteiger partial charge in [0.1, 0.15) is 0 Å². The number of nitrogens with one attached hydrogen (secondary N) is 1. The second-order valence-electron chi connectivity index (χ2n) is 4.83. The van der Waals surface area contributed by atoms with Gasteiger partial charge in [-0.05, 0) is 37.1 Å². The van der Waals surface area contributed by atoms with Gasteiger partial charge in [-0.15, -0.1) is 0 Å². The first-order chi connectivity index (χ1) is 9.62. The summed E-state index contributed by atoms with van der Waals surface area (Å²) in [4.78, 5) is 12.2. The Morgan fingerprint density at radius 3 is 2.25 bits per heavy atom. The average molecular weight is 277 g/mol. The van der Waals surface area contributed by atoms with Crippen molar-refractivity contribution in [1.82, 2.24) is 0 Å². The molecule has 110 valence electrons. The zero-order chi connectivity index (χ0) is 15.0. The maximum absolute atomic E-state index is 12.2. The SMILES string of the molecule is CCCC(CCC)C(=O)Nc1ccc(/C(N)=N/O)cc1. The summed E-state index contributed by atoms with van der Waals surface area (Å²) in [7, 11) is 0. The van der Waals surface area contributed by atoms with E-state index in [-0.39, 0.29) is 17.7 Å². The molecule has 0 aliphatic carbocycles. The molecule has 0 aliphatic heterocycles.